The van der Waals surface area contributed by atoms with E-state index in [2.05, 4.69) is 51.3 Å². The molecule has 0 spiro atoms. The van der Waals surface area contributed by atoms with Crippen molar-refractivity contribution in [2.24, 2.45) is 0 Å². The molecule has 1 heterocycles. The van der Waals surface area contributed by atoms with Crippen molar-refractivity contribution in [1.29, 1.82) is 0 Å². The molecule has 1 aliphatic heterocycles. The molecule has 0 saturated carbocycles. The summed E-state index contributed by atoms with van der Waals surface area (Å²) in [5.74, 6) is 0.896. The lowest BCUT2D eigenvalue weighted by atomic mass is 10.2. The van der Waals surface area contributed by atoms with E-state index in [0.717, 1.165) is 29.9 Å². The van der Waals surface area contributed by atoms with E-state index in [1.165, 1.54) is 12.1 Å². The molecule has 0 amide bonds. The Hall–Kier alpha value is -0.740. The van der Waals surface area contributed by atoms with E-state index in [9.17, 15) is 0 Å². The van der Waals surface area contributed by atoms with Crippen LogP contribution in [0, 0.1) is 0 Å². The summed E-state index contributed by atoms with van der Waals surface area (Å²) in [6.45, 7) is 5.48. The average molecular weight is 299 g/mol. The van der Waals surface area contributed by atoms with Crippen LogP contribution in [-0.4, -0.2) is 32.8 Å². The Balaban J connectivity index is 2.20. The standard InChI is InChI=1S/C13H19BrN2O/c1-10-9-16(7-3-6-15-10)11-4-5-12(14)13(8-11)17-2/h4-5,8,10,15H,3,6-7,9H2,1-2H3. The number of hydrogen-bond acceptors (Lipinski definition) is 3. The maximum absolute atomic E-state index is 5.35. The lowest BCUT2D eigenvalue weighted by Crippen LogP contribution is -2.35. The Bertz CT molecular complexity index is 384. The summed E-state index contributed by atoms with van der Waals surface area (Å²) in [6, 6.07) is 6.83. The molecule has 0 radical (unpaired) electrons. The maximum atomic E-state index is 5.35. The van der Waals surface area contributed by atoms with Crippen LogP contribution in [-0.2, 0) is 0 Å². The summed E-state index contributed by atoms with van der Waals surface area (Å²) in [5.41, 5.74) is 1.24. The average Bonchev–Trinajstić information content (AvgIpc) is 2.54. The van der Waals surface area contributed by atoms with Gasteiger partial charge < -0.3 is 15.0 Å². The first-order chi connectivity index (χ1) is 8.20. The van der Waals surface area contributed by atoms with Crippen LogP contribution in [0.4, 0.5) is 5.69 Å². The molecule has 1 aromatic carbocycles. The minimum Gasteiger partial charge on any atom is -0.495 e. The van der Waals surface area contributed by atoms with E-state index in [-0.39, 0.29) is 0 Å². The number of nitrogens with zero attached hydrogens (tertiary/aromatic N) is 1. The fraction of sp³-hybridized carbons (Fsp3) is 0.538. The lowest BCUT2D eigenvalue weighted by Gasteiger charge is -2.25. The minimum atomic E-state index is 0.534. The van der Waals surface area contributed by atoms with Gasteiger partial charge in [-0.25, -0.2) is 0 Å². The van der Waals surface area contributed by atoms with Gasteiger partial charge in [0.1, 0.15) is 5.75 Å². The highest BCUT2D eigenvalue weighted by Crippen LogP contribution is 2.30. The molecule has 0 aromatic heterocycles. The van der Waals surface area contributed by atoms with Gasteiger partial charge in [0.25, 0.3) is 0 Å². The topological polar surface area (TPSA) is 24.5 Å². The molecular formula is C13H19BrN2O. The molecule has 17 heavy (non-hydrogen) atoms. The van der Waals surface area contributed by atoms with Crippen molar-refractivity contribution in [1.82, 2.24) is 5.32 Å². The second-order valence-corrected chi connectivity index (χ2v) is 5.33. The minimum absolute atomic E-state index is 0.534. The van der Waals surface area contributed by atoms with E-state index < -0.39 is 0 Å². The number of halogens is 1. The van der Waals surface area contributed by atoms with E-state index in [0.29, 0.717) is 6.04 Å². The molecule has 1 N–H and O–H groups in total. The summed E-state index contributed by atoms with van der Waals surface area (Å²) in [6.07, 6.45) is 1.18. The predicted octanol–water partition coefficient (Wildman–Crippen LogP) is 2.65. The summed E-state index contributed by atoms with van der Waals surface area (Å²) in [5, 5.41) is 3.50. The van der Waals surface area contributed by atoms with Gasteiger partial charge in [-0.2, -0.15) is 0 Å². The van der Waals surface area contributed by atoms with E-state index in [1.807, 2.05) is 0 Å². The van der Waals surface area contributed by atoms with Crippen molar-refractivity contribution < 1.29 is 4.74 Å². The molecule has 1 saturated heterocycles. The molecule has 1 atom stereocenters. The number of benzene rings is 1. The van der Waals surface area contributed by atoms with Crippen molar-refractivity contribution in [3.63, 3.8) is 0 Å². The third-order valence-electron chi connectivity index (χ3n) is 3.09. The number of ether oxygens (including phenoxy) is 1. The molecule has 1 fully saturated rings. The van der Waals surface area contributed by atoms with Gasteiger partial charge in [0.2, 0.25) is 0 Å². The third-order valence-corrected chi connectivity index (χ3v) is 3.75. The number of anilines is 1. The van der Waals surface area contributed by atoms with Gasteiger partial charge in [0.15, 0.2) is 0 Å². The normalized spacial score (nSPS) is 21.1. The molecule has 0 bridgehead atoms. The Morgan fingerprint density at radius 1 is 1.47 bits per heavy atom. The highest BCUT2D eigenvalue weighted by atomic mass is 79.9. The zero-order valence-electron chi connectivity index (χ0n) is 10.4. The van der Waals surface area contributed by atoms with Gasteiger partial charge in [0, 0.05) is 30.9 Å². The molecule has 4 heteroatoms. The van der Waals surface area contributed by atoms with Gasteiger partial charge in [-0.1, -0.05) is 0 Å². The molecular weight excluding hydrogens is 280 g/mol. The van der Waals surface area contributed by atoms with Gasteiger partial charge in [0.05, 0.1) is 11.6 Å². The first kappa shape index (κ1) is 12.7. The van der Waals surface area contributed by atoms with Crippen LogP contribution < -0.4 is 15.0 Å². The number of hydrogen-bond donors (Lipinski definition) is 1. The Labute approximate surface area is 111 Å². The molecule has 1 aliphatic rings. The first-order valence-electron chi connectivity index (χ1n) is 6.02. The quantitative estimate of drug-likeness (QED) is 0.908. The van der Waals surface area contributed by atoms with Gasteiger partial charge in [-0.05, 0) is 48.0 Å². The smallest absolute Gasteiger partial charge is 0.135 e. The zero-order chi connectivity index (χ0) is 12.3. The monoisotopic (exact) mass is 298 g/mol. The third kappa shape index (κ3) is 3.13. The summed E-state index contributed by atoms with van der Waals surface area (Å²) in [4.78, 5) is 2.42. The fourth-order valence-electron chi connectivity index (χ4n) is 2.18. The van der Waals surface area contributed by atoms with Gasteiger partial charge in [-0.3, -0.25) is 0 Å². The molecule has 94 valence electrons. The van der Waals surface area contributed by atoms with Crippen molar-refractivity contribution in [2.45, 2.75) is 19.4 Å². The van der Waals surface area contributed by atoms with E-state index >= 15 is 0 Å². The van der Waals surface area contributed by atoms with Gasteiger partial charge >= 0.3 is 0 Å². The van der Waals surface area contributed by atoms with Crippen molar-refractivity contribution >= 4 is 21.6 Å². The summed E-state index contributed by atoms with van der Waals surface area (Å²) >= 11 is 3.49. The second kappa shape index (κ2) is 5.74. The summed E-state index contributed by atoms with van der Waals surface area (Å²) in [7, 11) is 1.70. The maximum Gasteiger partial charge on any atom is 0.135 e. The second-order valence-electron chi connectivity index (χ2n) is 4.47. The molecule has 2 rings (SSSR count). The molecule has 3 nitrogen and oxygen atoms in total. The Morgan fingerprint density at radius 2 is 2.29 bits per heavy atom. The van der Waals surface area contributed by atoms with Crippen molar-refractivity contribution in [2.75, 3.05) is 31.6 Å². The SMILES string of the molecule is COc1cc(N2CCCNC(C)C2)ccc1Br. The van der Waals surface area contributed by atoms with Crippen LogP contribution in [0.15, 0.2) is 22.7 Å². The van der Waals surface area contributed by atoms with Crippen LogP contribution in [0.2, 0.25) is 0 Å². The highest BCUT2D eigenvalue weighted by Gasteiger charge is 2.15. The predicted molar refractivity (Wildman–Crippen MR) is 75.0 cm³/mol. The molecule has 0 aliphatic carbocycles. The first-order valence-corrected chi connectivity index (χ1v) is 6.82. The number of nitrogens with one attached hydrogen (secondary N) is 1. The Kier molecular flexibility index (Phi) is 4.29. The van der Waals surface area contributed by atoms with Gasteiger partial charge in [-0.15, -0.1) is 0 Å². The van der Waals surface area contributed by atoms with E-state index in [4.69, 9.17) is 4.74 Å². The van der Waals surface area contributed by atoms with Crippen LogP contribution in [0.1, 0.15) is 13.3 Å². The summed E-state index contributed by atoms with van der Waals surface area (Å²) < 4.78 is 6.35. The largest absolute Gasteiger partial charge is 0.495 e. The fourth-order valence-corrected chi connectivity index (χ4v) is 2.59. The number of methoxy groups -OCH3 is 1. The van der Waals surface area contributed by atoms with Crippen molar-refractivity contribution in [3.05, 3.63) is 22.7 Å². The van der Waals surface area contributed by atoms with Crippen LogP contribution in [0.5, 0.6) is 5.75 Å². The lowest BCUT2D eigenvalue weighted by molar-refractivity contribution is 0.412. The van der Waals surface area contributed by atoms with Crippen LogP contribution in [0.3, 0.4) is 0 Å². The highest BCUT2D eigenvalue weighted by molar-refractivity contribution is 9.10. The molecule has 1 unspecified atom stereocenters. The Morgan fingerprint density at radius 3 is 3.06 bits per heavy atom. The van der Waals surface area contributed by atoms with Crippen LogP contribution >= 0.6 is 15.9 Å². The van der Waals surface area contributed by atoms with Crippen molar-refractivity contribution in [3.8, 4) is 5.75 Å². The van der Waals surface area contributed by atoms with Crippen LogP contribution in [0.25, 0.3) is 0 Å². The molecule has 1 aromatic rings. The zero-order valence-corrected chi connectivity index (χ0v) is 12.0. The van der Waals surface area contributed by atoms with E-state index in [1.54, 1.807) is 7.11 Å². The number of rotatable bonds is 2.